The second-order valence-corrected chi connectivity index (χ2v) is 8.19. The van der Waals surface area contributed by atoms with Gasteiger partial charge in [0.1, 0.15) is 0 Å². The lowest BCUT2D eigenvalue weighted by Crippen LogP contribution is -2.66. The highest BCUT2D eigenvalue weighted by Crippen LogP contribution is 2.43. The van der Waals surface area contributed by atoms with Crippen LogP contribution in [0.2, 0.25) is 0 Å². The Bertz CT molecular complexity index is 882. The van der Waals surface area contributed by atoms with Crippen molar-refractivity contribution in [1.82, 2.24) is 29.7 Å². The van der Waals surface area contributed by atoms with E-state index >= 15 is 0 Å². The highest BCUT2D eigenvalue weighted by Gasteiger charge is 2.53. The Balaban J connectivity index is 1.58. The molecule has 2 aromatic rings. The van der Waals surface area contributed by atoms with Crippen LogP contribution in [0.4, 0.5) is 0 Å². The Hall–Kier alpha value is -2.74. The first-order chi connectivity index (χ1) is 14.0. The lowest BCUT2D eigenvalue weighted by atomic mass is 9.67. The Kier molecular flexibility index (Phi) is 5.36. The molecule has 4 rings (SSSR count). The number of likely N-dealkylation sites (tertiary alicyclic amines) is 2. The predicted molar refractivity (Wildman–Crippen MR) is 108 cm³/mol. The smallest absolute Gasteiger partial charge is 0.290 e. The van der Waals surface area contributed by atoms with Gasteiger partial charge in [-0.1, -0.05) is 0 Å². The Labute approximate surface area is 170 Å². The van der Waals surface area contributed by atoms with Gasteiger partial charge in [-0.25, -0.2) is 4.98 Å². The lowest BCUT2D eigenvalue weighted by Gasteiger charge is -2.53. The molecule has 2 atom stereocenters. The Morgan fingerprint density at radius 3 is 2.69 bits per heavy atom. The fraction of sp³-hybridized carbons (Fsp3) is 0.524. The number of hydrogen-bond donors (Lipinski definition) is 1. The van der Waals surface area contributed by atoms with Gasteiger partial charge in [-0.3, -0.25) is 14.6 Å². The summed E-state index contributed by atoms with van der Waals surface area (Å²) >= 11 is 0. The van der Waals surface area contributed by atoms with Crippen molar-refractivity contribution >= 4 is 11.8 Å². The van der Waals surface area contributed by atoms with Crippen molar-refractivity contribution in [2.45, 2.75) is 31.8 Å². The minimum absolute atomic E-state index is 0.0461. The van der Waals surface area contributed by atoms with Gasteiger partial charge in [0.25, 0.3) is 5.91 Å². The summed E-state index contributed by atoms with van der Waals surface area (Å²) in [6.07, 6.45) is 9.24. The number of imidazole rings is 1. The van der Waals surface area contributed by atoms with Gasteiger partial charge in [-0.05, 0) is 50.6 Å². The van der Waals surface area contributed by atoms with Crippen LogP contribution in [0.5, 0.6) is 0 Å². The number of aromatic nitrogens is 3. The molecular weight excluding hydrogens is 368 g/mol. The maximum atomic E-state index is 13.5. The van der Waals surface area contributed by atoms with Gasteiger partial charge < -0.3 is 19.7 Å². The van der Waals surface area contributed by atoms with Crippen LogP contribution in [-0.2, 0) is 18.4 Å². The maximum absolute atomic E-state index is 13.5. The van der Waals surface area contributed by atoms with E-state index < -0.39 is 5.41 Å². The third-order valence-corrected chi connectivity index (χ3v) is 6.39. The number of pyridine rings is 1. The largest absolute Gasteiger partial charge is 0.351 e. The average Bonchev–Trinajstić information content (AvgIpc) is 3.17. The van der Waals surface area contributed by atoms with Gasteiger partial charge in [-0.15, -0.1) is 0 Å². The van der Waals surface area contributed by atoms with E-state index in [1.807, 2.05) is 24.1 Å². The molecule has 0 aromatic carbocycles. The molecular formula is C21H28N6O2. The molecule has 2 aromatic heterocycles. The van der Waals surface area contributed by atoms with E-state index in [1.54, 1.807) is 29.4 Å². The number of nitrogens with one attached hydrogen (secondary N) is 1. The molecule has 2 saturated heterocycles. The molecule has 2 aliphatic rings. The number of piperidine rings is 2. The molecule has 8 nitrogen and oxygen atoms in total. The molecule has 2 amide bonds. The summed E-state index contributed by atoms with van der Waals surface area (Å²) in [5.41, 5.74) is 0.462. The van der Waals surface area contributed by atoms with Gasteiger partial charge in [0.05, 0.1) is 11.5 Å². The van der Waals surface area contributed by atoms with E-state index in [-0.39, 0.29) is 17.9 Å². The van der Waals surface area contributed by atoms with E-state index in [1.165, 1.54) is 0 Å². The number of hydrogen-bond acceptors (Lipinski definition) is 5. The number of nitrogens with zero attached hydrogens (tertiary/aromatic N) is 5. The van der Waals surface area contributed by atoms with Crippen molar-refractivity contribution in [2.75, 3.05) is 26.7 Å². The van der Waals surface area contributed by atoms with Crippen LogP contribution in [0.25, 0.3) is 0 Å². The number of fused-ring (bicyclic) bond motifs is 1. The number of rotatable bonds is 4. The highest BCUT2D eigenvalue weighted by atomic mass is 16.2. The lowest BCUT2D eigenvalue weighted by molar-refractivity contribution is -0.142. The van der Waals surface area contributed by atoms with Gasteiger partial charge >= 0.3 is 0 Å². The van der Waals surface area contributed by atoms with Crippen molar-refractivity contribution in [3.63, 3.8) is 0 Å². The Morgan fingerprint density at radius 2 is 1.97 bits per heavy atom. The van der Waals surface area contributed by atoms with Crippen molar-refractivity contribution < 1.29 is 9.59 Å². The summed E-state index contributed by atoms with van der Waals surface area (Å²) in [5, 5.41) is 3.14. The first kappa shape index (κ1) is 19.6. The molecule has 0 aliphatic carbocycles. The summed E-state index contributed by atoms with van der Waals surface area (Å²) in [6.45, 7) is 2.67. The van der Waals surface area contributed by atoms with Crippen molar-refractivity contribution in [3.8, 4) is 0 Å². The summed E-state index contributed by atoms with van der Waals surface area (Å²) in [6, 6.07) is 3.65. The third-order valence-electron chi connectivity index (χ3n) is 6.39. The number of likely N-dealkylation sites (N-methyl/N-ethyl adjacent to an activating group) is 1. The first-order valence-corrected chi connectivity index (χ1v) is 10.2. The van der Waals surface area contributed by atoms with Gasteiger partial charge in [0.2, 0.25) is 5.91 Å². The minimum Gasteiger partial charge on any atom is -0.351 e. The molecule has 2 fully saturated rings. The standard InChI is InChI=1S/C21H28N6O2/c1-25-12-7-21(20(29)24-14-16-4-8-22-9-5-16)6-3-11-27(17(21)15-25)19(28)18-23-10-13-26(18)2/h4-5,8-10,13,17H,3,6-7,11-12,14-15H2,1-2H3,(H,24,29)/t17-,21+/m0/s1. The molecule has 2 aliphatic heterocycles. The Morgan fingerprint density at radius 1 is 1.17 bits per heavy atom. The summed E-state index contributed by atoms with van der Waals surface area (Å²) in [5.74, 6) is 0.375. The molecule has 1 N–H and O–H groups in total. The van der Waals surface area contributed by atoms with Crippen LogP contribution in [0.15, 0.2) is 36.9 Å². The number of carbonyl (C=O) groups excluding carboxylic acids is 2. The number of aryl methyl sites for hydroxylation is 1. The maximum Gasteiger partial charge on any atom is 0.290 e. The molecule has 4 heterocycles. The number of carbonyl (C=O) groups is 2. The molecule has 0 spiro atoms. The summed E-state index contributed by atoms with van der Waals surface area (Å²) in [7, 11) is 3.88. The molecule has 0 saturated carbocycles. The molecule has 0 radical (unpaired) electrons. The van der Waals surface area contributed by atoms with Crippen LogP contribution in [-0.4, -0.2) is 68.9 Å². The second kappa shape index (κ2) is 7.94. The zero-order valence-corrected chi connectivity index (χ0v) is 17.0. The quantitative estimate of drug-likeness (QED) is 0.836. The van der Waals surface area contributed by atoms with E-state index in [0.29, 0.717) is 25.5 Å². The van der Waals surface area contributed by atoms with E-state index in [4.69, 9.17) is 0 Å². The van der Waals surface area contributed by atoms with Gasteiger partial charge in [-0.2, -0.15) is 0 Å². The van der Waals surface area contributed by atoms with Crippen LogP contribution in [0.3, 0.4) is 0 Å². The highest BCUT2D eigenvalue weighted by molar-refractivity contribution is 5.92. The average molecular weight is 396 g/mol. The number of amides is 2. The minimum atomic E-state index is -0.557. The van der Waals surface area contributed by atoms with E-state index in [2.05, 4.69) is 27.2 Å². The molecule has 8 heteroatoms. The zero-order valence-electron chi connectivity index (χ0n) is 17.0. The monoisotopic (exact) mass is 396 g/mol. The first-order valence-electron chi connectivity index (χ1n) is 10.2. The normalized spacial score (nSPS) is 24.8. The van der Waals surface area contributed by atoms with Crippen LogP contribution in [0, 0.1) is 5.41 Å². The topological polar surface area (TPSA) is 83.4 Å². The summed E-state index contributed by atoms with van der Waals surface area (Å²) < 4.78 is 1.74. The van der Waals surface area contributed by atoms with Crippen LogP contribution in [0.1, 0.15) is 35.4 Å². The molecule has 29 heavy (non-hydrogen) atoms. The molecule has 0 bridgehead atoms. The fourth-order valence-corrected chi connectivity index (χ4v) is 4.71. The van der Waals surface area contributed by atoms with E-state index in [0.717, 1.165) is 31.4 Å². The van der Waals surface area contributed by atoms with Crippen LogP contribution >= 0.6 is 0 Å². The molecule has 154 valence electrons. The summed E-state index contributed by atoms with van der Waals surface area (Å²) in [4.78, 5) is 39.1. The van der Waals surface area contributed by atoms with Gasteiger partial charge in [0.15, 0.2) is 5.82 Å². The van der Waals surface area contributed by atoms with Crippen molar-refractivity contribution in [2.24, 2.45) is 12.5 Å². The predicted octanol–water partition coefficient (Wildman–Crippen LogP) is 1.06. The van der Waals surface area contributed by atoms with Crippen molar-refractivity contribution in [3.05, 3.63) is 48.3 Å². The fourth-order valence-electron chi connectivity index (χ4n) is 4.71. The van der Waals surface area contributed by atoms with Crippen molar-refractivity contribution in [1.29, 1.82) is 0 Å². The SMILES string of the molecule is CN1CC[C@]2(C(=O)NCc3ccncc3)CCCN(C(=O)c3nccn3C)[C@H]2C1. The van der Waals surface area contributed by atoms with E-state index in [9.17, 15) is 9.59 Å². The molecule has 0 unspecified atom stereocenters. The zero-order chi connectivity index (χ0) is 20.4. The third kappa shape index (κ3) is 3.64. The van der Waals surface area contributed by atoms with Gasteiger partial charge in [0, 0.05) is 51.5 Å². The van der Waals surface area contributed by atoms with Crippen LogP contribution < -0.4 is 5.32 Å². The second-order valence-electron chi connectivity index (χ2n) is 8.19.